The Hall–Kier alpha value is -3.68. The number of carbonyl (C=O) groups is 2. The van der Waals surface area contributed by atoms with Crippen molar-refractivity contribution in [1.82, 2.24) is 25.4 Å². The van der Waals surface area contributed by atoms with Crippen molar-refractivity contribution < 1.29 is 14.3 Å². The van der Waals surface area contributed by atoms with E-state index in [0.717, 1.165) is 29.8 Å². The molecule has 2 amide bonds. The average molecular weight is 422 g/mol. The maximum atomic E-state index is 12.3. The molecule has 31 heavy (non-hydrogen) atoms. The second kappa shape index (κ2) is 10.9. The van der Waals surface area contributed by atoms with E-state index in [-0.39, 0.29) is 24.4 Å². The van der Waals surface area contributed by atoms with Crippen molar-refractivity contribution in [2.75, 3.05) is 13.2 Å². The van der Waals surface area contributed by atoms with Gasteiger partial charge in [0.15, 0.2) is 0 Å². The SMILES string of the molecule is CCCCOc1ccc(C(=O)NCC(=O)N[C@@H](C)c2ccc(-n3cncn3)cc2)cc1. The quantitative estimate of drug-likeness (QED) is 0.490. The predicted molar refractivity (Wildman–Crippen MR) is 117 cm³/mol. The molecule has 0 radical (unpaired) electrons. The number of aromatic nitrogens is 3. The van der Waals surface area contributed by atoms with Gasteiger partial charge in [0, 0.05) is 5.56 Å². The number of unbranched alkanes of at least 4 members (excludes halogenated alkanes) is 1. The number of ether oxygens (including phenoxy) is 1. The lowest BCUT2D eigenvalue weighted by molar-refractivity contribution is -0.120. The van der Waals surface area contributed by atoms with Crippen LogP contribution in [0.1, 0.15) is 48.7 Å². The first-order valence-corrected chi connectivity index (χ1v) is 10.3. The molecule has 162 valence electrons. The molecule has 0 aliphatic heterocycles. The lowest BCUT2D eigenvalue weighted by atomic mass is 10.1. The Morgan fingerprint density at radius 3 is 2.48 bits per heavy atom. The van der Waals surface area contributed by atoms with Crippen LogP contribution in [0.5, 0.6) is 5.75 Å². The minimum absolute atomic E-state index is 0.102. The predicted octanol–water partition coefficient (Wildman–Crippen LogP) is 3.05. The third-order valence-corrected chi connectivity index (χ3v) is 4.75. The largest absolute Gasteiger partial charge is 0.494 e. The Morgan fingerprint density at radius 2 is 1.84 bits per heavy atom. The van der Waals surface area contributed by atoms with Gasteiger partial charge in [0.25, 0.3) is 5.91 Å². The molecule has 3 rings (SSSR count). The van der Waals surface area contributed by atoms with Crippen LogP contribution in [-0.4, -0.2) is 39.7 Å². The molecule has 2 aromatic carbocycles. The Balaban J connectivity index is 1.45. The molecule has 8 nitrogen and oxygen atoms in total. The first kappa shape index (κ1) is 22.0. The highest BCUT2D eigenvalue weighted by molar-refractivity contribution is 5.96. The summed E-state index contributed by atoms with van der Waals surface area (Å²) in [6.07, 6.45) is 5.15. The minimum atomic E-state index is -0.305. The molecule has 0 aliphatic carbocycles. The number of benzene rings is 2. The van der Waals surface area contributed by atoms with Crippen molar-refractivity contribution in [3.05, 3.63) is 72.3 Å². The van der Waals surface area contributed by atoms with Gasteiger partial charge in [-0.3, -0.25) is 9.59 Å². The van der Waals surface area contributed by atoms with E-state index in [2.05, 4.69) is 27.6 Å². The van der Waals surface area contributed by atoms with Crippen LogP contribution in [0.3, 0.4) is 0 Å². The topological polar surface area (TPSA) is 98.1 Å². The smallest absolute Gasteiger partial charge is 0.251 e. The summed E-state index contributed by atoms with van der Waals surface area (Å²) >= 11 is 0. The van der Waals surface area contributed by atoms with Crippen molar-refractivity contribution >= 4 is 11.8 Å². The van der Waals surface area contributed by atoms with E-state index in [4.69, 9.17) is 4.74 Å². The van der Waals surface area contributed by atoms with Gasteiger partial charge in [-0.2, -0.15) is 5.10 Å². The van der Waals surface area contributed by atoms with Crippen LogP contribution in [0.15, 0.2) is 61.2 Å². The van der Waals surface area contributed by atoms with E-state index in [1.165, 1.54) is 6.33 Å². The van der Waals surface area contributed by atoms with Gasteiger partial charge in [-0.25, -0.2) is 9.67 Å². The summed E-state index contributed by atoms with van der Waals surface area (Å²) in [6, 6.07) is 14.4. The summed E-state index contributed by atoms with van der Waals surface area (Å²) in [5, 5.41) is 9.62. The van der Waals surface area contributed by atoms with Gasteiger partial charge in [0.1, 0.15) is 18.4 Å². The number of amides is 2. The second-order valence-electron chi connectivity index (χ2n) is 7.13. The molecule has 1 heterocycles. The number of nitrogens with zero attached hydrogens (tertiary/aromatic N) is 3. The number of hydrogen-bond acceptors (Lipinski definition) is 5. The molecule has 0 unspecified atom stereocenters. The van der Waals surface area contributed by atoms with Crippen LogP contribution in [-0.2, 0) is 4.79 Å². The van der Waals surface area contributed by atoms with Gasteiger partial charge < -0.3 is 15.4 Å². The third kappa shape index (κ3) is 6.40. The normalized spacial score (nSPS) is 11.5. The highest BCUT2D eigenvalue weighted by Gasteiger charge is 2.12. The Bertz CT molecular complexity index is 969. The Morgan fingerprint density at radius 1 is 1.10 bits per heavy atom. The van der Waals surface area contributed by atoms with Crippen LogP contribution < -0.4 is 15.4 Å². The number of rotatable bonds is 10. The van der Waals surface area contributed by atoms with Gasteiger partial charge in [-0.1, -0.05) is 25.5 Å². The van der Waals surface area contributed by atoms with Crippen molar-refractivity contribution in [2.24, 2.45) is 0 Å². The fraction of sp³-hybridized carbons (Fsp3) is 0.304. The molecule has 0 fully saturated rings. The zero-order valence-electron chi connectivity index (χ0n) is 17.7. The number of carbonyl (C=O) groups excluding carboxylic acids is 2. The molecular weight excluding hydrogens is 394 g/mol. The standard InChI is InChI=1S/C23H27N5O3/c1-3-4-13-31-21-11-7-19(8-12-21)23(30)25-14-22(29)27-17(2)18-5-9-20(10-6-18)28-16-24-15-26-28/h5-12,15-17H,3-4,13-14H2,1-2H3,(H,25,30)(H,27,29)/t17-/m0/s1. The van der Waals surface area contributed by atoms with Crippen LogP contribution >= 0.6 is 0 Å². The van der Waals surface area contributed by atoms with Gasteiger partial charge in [0.2, 0.25) is 5.91 Å². The maximum absolute atomic E-state index is 12.3. The summed E-state index contributed by atoms with van der Waals surface area (Å²) in [5.74, 6) is 0.159. The van der Waals surface area contributed by atoms with E-state index in [1.807, 2.05) is 31.2 Å². The summed E-state index contributed by atoms with van der Waals surface area (Å²) in [6.45, 7) is 4.55. The number of hydrogen-bond donors (Lipinski definition) is 2. The maximum Gasteiger partial charge on any atom is 0.251 e. The summed E-state index contributed by atoms with van der Waals surface area (Å²) in [4.78, 5) is 28.5. The van der Waals surface area contributed by atoms with Gasteiger partial charge in [-0.15, -0.1) is 0 Å². The van der Waals surface area contributed by atoms with E-state index >= 15 is 0 Å². The summed E-state index contributed by atoms with van der Waals surface area (Å²) in [5.41, 5.74) is 2.31. The first-order chi connectivity index (χ1) is 15.1. The monoisotopic (exact) mass is 421 g/mol. The fourth-order valence-corrected chi connectivity index (χ4v) is 2.93. The average Bonchev–Trinajstić information content (AvgIpc) is 3.33. The van der Waals surface area contributed by atoms with E-state index in [1.54, 1.807) is 35.3 Å². The van der Waals surface area contributed by atoms with Crippen LogP contribution in [0, 0.1) is 0 Å². The third-order valence-electron chi connectivity index (χ3n) is 4.75. The first-order valence-electron chi connectivity index (χ1n) is 10.3. The molecule has 0 saturated carbocycles. The number of nitrogens with one attached hydrogen (secondary N) is 2. The van der Waals surface area contributed by atoms with Crippen molar-refractivity contribution in [2.45, 2.75) is 32.7 Å². The molecule has 0 bridgehead atoms. The Kier molecular flexibility index (Phi) is 7.75. The zero-order chi connectivity index (χ0) is 22.1. The van der Waals surface area contributed by atoms with Gasteiger partial charge in [-0.05, 0) is 55.3 Å². The second-order valence-corrected chi connectivity index (χ2v) is 7.13. The molecule has 0 saturated heterocycles. The van der Waals surface area contributed by atoms with Crippen LogP contribution in [0.4, 0.5) is 0 Å². The van der Waals surface area contributed by atoms with Crippen molar-refractivity contribution in [3.63, 3.8) is 0 Å². The molecule has 2 N–H and O–H groups in total. The van der Waals surface area contributed by atoms with Crippen LogP contribution in [0.2, 0.25) is 0 Å². The van der Waals surface area contributed by atoms with Crippen LogP contribution in [0.25, 0.3) is 5.69 Å². The van der Waals surface area contributed by atoms with Crippen molar-refractivity contribution in [1.29, 1.82) is 0 Å². The fourth-order valence-electron chi connectivity index (χ4n) is 2.93. The molecular formula is C23H27N5O3. The molecule has 8 heteroatoms. The zero-order valence-corrected chi connectivity index (χ0v) is 17.7. The lowest BCUT2D eigenvalue weighted by Crippen LogP contribution is -2.38. The lowest BCUT2D eigenvalue weighted by Gasteiger charge is -2.15. The highest BCUT2D eigenvalue weighted by atomic mass is 16.5. The van der Waals surface area contributed by atoms with Gasteiger partial charge in [0.05, 0.1) is 24.9 Å². The van der Waals surface area contributed by atoms with Gasteiger partial charge >= 0.3 is 0 Å². The minimum Gasteiger partial charge on any atom is -0.494 e. The summed E-state index contributed by atoms with van der Waals surface area (Å²) < 4.78 is 7.25. The van der Waals surface area contributed by atoms with E-state index in [0.29, 0.717) is 12.2 Å². The van der Waals surface area contributed by atoms with Crippen molar-refractivity contribution in [3.8, 4) is 11.4 Å². The highest BCUT2D eigenvalue weighted by Crippen LogP contribution is 2.15. The van der Waals surface area contributed by atoms with E-state index in [9.17, 15) is 9.59 Å². The Labute approximate surface area is 181 Å². The van der Waals surface area contributed by atoms with E-state index < -0.39 is 0 Å². The molecule has 1 atom stereocenters. The molecule has 0 spiro atoms. The molecule has 0 aliphatic rings. The summed E-state index contributed by atoms with van der Waals surface area (Å²) in [7, 11) is 0. The molecule has 1 aromatic heterocycles. The molecule has 3 aromatic rings.